The minimum Gasteiger partial charge on any atom is -0.456 e. The van der Waals surface area contributed by atoms with Gasteiger partial charge in [-0.2, -0.15) is 18.5 Å². The maximum atomic E-state index is 12.7. The molecule has 1 aliphatic rings. The highest BCUT2D eigenvalue weighted by Gasteiger charge is 2.29. The summed E-state index contributed by atoms with van der Waals surface area (Å²) in [5.41, 5.74) is 1.15. The molecule has 0 aromatic heterocycles. The van der Waals surface area contributed by atoms with Crippen LogP contribution in [0.2, 0.25) is 0 Å². The number of carbonyl (C=O) groups excluding carboxylic acids is 2. The summed E-state index contributed by atoms with van der Waals surface area (Å²) < 4.78 is 40.2. The molecular formula is C37H55N3O6S. The van der Waals surface area contributed by atoms with Gasteiger partial charge in [0.2, 0.25) is 5.91 Å². The van der Waals surface area contributed by atoms with E-state index in [0.717, 1.165) is 35.9 Å². The molecule has 0 bridgehead atoms. The predicted octanol–water partition coefficient (Wildman–Crippen LogP) is 9.45. The summed E-state index contributed by atoms with van der Waals surface area (Å²) in [6.45, 7) is 8.50. The van der Waals surface area contributed by atoms with Crippen LogP contribution in [0.3, 0.4) is 0 Å². The van der Waals surface area contributed by atoms with E-state index in [0.29, 0.717) is 12.2 Å². The van der Waals surface area contributed by atoms with Crippen LogP contribution in [0.5, 0.6) is 11.5 Å². The Morgan fingerprint density at radius 3 is 1.89 bits per heavy atom. The minimum atomic E-state index is -4.70. The summed E-state index contributed by atoms with van der Waals surface area (Å²) in [6, 6.07) is 11.2. The minimum absolute atomic E-state index is 0.0629. The standard InChI is InChI=1S/C37H55N3O6S/c1-5-6-7-8-9-10-11-12-13-14-15-16-17-18-19-20-35(41)38-34-28-36(42)40(39-34)30-23-26-32(33(27-30)47(43,44)45)46-31-24-21-29(22-25-31)37(2,3)4/h21-27H,5-20,28H2,1-4H3,(H,38,39,41)(H,43,44,45). The van der Waals surface area contributed by atoms with Crippen molar-refractivity contribution in [1.82, 2.24) is 5.32 Å². The molecule has 2 aromatic carbocycles. The Kier molecular flexibility index (Phi) is 15.4. The van der Waals surface area contributed by atoms with Gasteiger partial charge in [0, 0.05) is 6.42 Å². The van der Waals surface area contributed by atoms with E-state index >= 15 is 0 Å². The molecule has 0 saturated carbocycles. The molecule has 2 N–H and O–H groups in total. The second-order valence-corrected chi connectivity index (χ2v) is 15.0. The number of hydrogen-bond acceptors (Lipinski definition) is 6. The number of rotatable bonds is 20. The molecule has 2 aromatic rings. The van der Waals surface area contributed by atoms with Gasteiger partial charge in [-0.25, -0.2) is 0 Å². The van der Waals surface area contributed by atoms with Crippen LogP contribution in [0, 0.1) is 0 Å². The van der Waals surface area contributed by atoms with Crippen molar-refractivity contribution in [2.24, 2.45) is 5.10 Å². The van der Waals surface area contributed by atoms with Crippen LogP contribution in [0.15, 0.2) is 52.5 Å². The van der Waals surface area contributed by atoms with Crippen molar-refractivity contribution in [3.63, 3.8) is 0 Å². The Morgan fingerprint density at radius 1 is 0.851 bits per heavy atom. The van der Waals surface area contributed by atoms with Crippen molar-refractivity contribution in [3.8, 4) is 11.5 Å². The van der Waals surface area contributed by atoms with Gasteiger partial charge < -0.3 is 10.1 Å². The quantitative estimate of drug-likeness (QED) is 0.107. The maximum absolute atomic E-state index is 12.7. The van der Waals surface area contributed by atoms with E-state index in [4.69, 9.17) is 4.74 Å². The number of nitrogens with zero attached hydrogens (tertiary/aromatic N) is 2. The average molecular weight is 670 g/mol. The Labute approximate surface area is 282 Å². The van der Waals surface area contributed by atoms with Crippen LogP contribution >= 0.6 is 0 Å². The zero-order valence-corrected chi connectivity index (χ0v) is 29.7. The van der Waals surface area contributed by atoms with Gasteiger partial charge in [0.15, 0.2) is 0 Å². The number of hydrazone groups is 1. The monoisotopic (exact) mass is 669 g/mol. The third kappa shape index (κ3) is 13.4. The summed E-state index contributed by atoms with van der Waals surface area (Å²) in [6.07, 6.45) is 19.0. The molecule has 0 unspecified atom stereocenters. The van der Waals surface area contributed by atoms with Gasteiger partial charge in [0.05, 0.1) is 12.1 Å². The van der Waals surface area contributed by atoms with E-state index in [9.17, 15) is 22.6 Å². The Hall–Kier alpha value is -3.24. The number of amidine groups is 1. The lowest BCUT2D eigenvalue weighted by atomic mass is 9.87. The first-order valence-corrected chi connectivity index (χ1v) is 18.9. The van der Waals surface area contributed by atoms with Crippen LogP contribution in [-0.2, 0) is 25.1 Å². The van der Waals surface area contributed by atoms with E-state index < -0.39 is 20.9 Å². The van der Waals surface area contributed by atoms with E-state index in [2.05, 4.69) is 38.1 Å². The molecule has 47 heavy (non-hydrogen) atoms. The summed E-state index contributed by atoms with van der Waals surface area (Å²) in [5.74, 6) is -0.126. The Balaban J connectivity index is 1.41. The van der Waals surface area contributed by atoms with Crippen molar-refractivity contribution < 1.29 is 27.3 Å². The van der Waals surface area contributed by atoms with Gasteiger partial charge in [-0.3, -0.25) is 14.1 Å². The van der Waals surface area contributed by atoms with Gasteiger partial charge in [0.25, 0.3) is 16.0 Å². The Bertz CT molecular complexity index is 1430. The van der Waals surface area contributed by atoms with Crippen molar-refractivity contribution in [3.05, 3.63) is 48.0 Å². The van der Waals surface area contributed by atoms with Gasteiger partial charge in [0.1, 0.15) is 22.2 Å². The van der Waals surface area contributed by atoms with E-state index in [-0.39, 0.29) is 35.0 Å². The lowest BCUT2D eigenvalue weighted by Gasteiger charge is -2.19. The predicted molar refractivity (Wildman–Crippen MR) is 189 cm³/mol. The number of anilines is 1. The summed E-state index contributed by atoms with van der Waals surface area (Å²) in [5, 5.41) is 7.97. The van der Waals surface area contributed by atoms with Crippen molar-refractivity contribution in [1.29, 1.82) is 0 Å². The lowest BCUT2D eigenvalue weighted by molar-refractivity contribution is -0.119. The molecule has 1 heterocycles. The highest BCUT2D eigenvalue weighted by molar-refractivity contribution is 7.86. The molecule has 3 rings (SSSR count). The number of nitrogens with one attached hydrogen (secondary N) is 1. The van der Waals surface area contributed by atoms with E-state index in [1.807, 2.05) is 12.1 Å². The van der Waals surface area contributed by atoms with Crippen molar-refractivity contribution in [2.75, 3.05) is 5.01 Å². The van der Waals surface area contributed by atoms with Crippen LogP contribution in [-0.4, -0.2) is 30.6 Å². The molecule has 0 aliphatic carbocycles. The number of unbranched alkanes of at least 4 members (excludes halogenated alkanes) is 14. The molecule has 2 amide bonds. The SMILES string of the molecule is CCCCCCCCCCCCCCCCCC(=O)NC1=NN(c2ccc(Oc3ccc(C(C)(C)C)cc3)c(S(=O)(=O)O)c2)C(=O)C1. The number of amides is 2. The summed E-state index contributed by atoms with van der Waals surface area (Å²) in [7, 11) is -4.70. The first-order valence-electron chi connectivity index (χ1n) is 17.5. The molecule has 0 radical (unpaired) electrons. The summed E-state index contributed by atoms with van der Waals surface area (Å²) >= 11 is 0. The fraction of sp³-hybridized carbons (Fsp3) is 0.595. The van der Waals surface area contributed by atoms with Crippen molar-refractivity contribution >= 4 is 33.5 Å². The zero-order valence-electron chi connectivity index (χ0n) is 28.9. The molecule has 0 fully saturated rings. The highest BCUT2D eigenvalue weighted by atomic mass is 32.2. The molecular weight excluding hydrogens is 614 g/mol. The fourth-order valence-electron chi connectivity index (χ4n) is 5.65. The summed E-state index contributed by atoms with van der Waals surface area (Å²) in [4.78, 5) is 24.8. The van der Waals surface area contributed by atoms with Crippen LogP contribution in [0.4, 0.5) is 5.69 Å². The largest absolute Gasteiger partial charge is 0.456 e. The van der Waals surface area contributed by atoms with Crippen LogP contribution in [0.1, 0.15) is 142 Å². The molecule has 9 nitrogen and oxygen atoms in total. The average Bonchev–Trinajstić information content (AvgIpc) is 3.37. The highest BCUT2D eigenvalue weighted by Crippen LogP contribution is 2.34. The third-order valence-electron chi connectivity index (χ3n) is 8.46. The number of benzene rings is 2. The fourth-order valence-corrected chi connectivity index (χ4v) is 6.28. The Morgan fingerprint density at radius 2 is 1.38 bits per heavy atom. The van der Waals surface area contributed by atoms with Crippen LogP contribution in [0.25, 0.3) is 0 Å². The molecule has 260 valence electrons. The molecule has 0 saturated heterocycles. The van der Waals surface area contributed by atoms with Gasteiger partial charge in [-0.15, -0.1) is 0 Å². The molecule has 0 spiro atoms. The van der Waals surface area contributed by atoms with Gasteiger partial charge in [-0.1, -0.05) is 130 Å². The molecule has 10 heteroatoms. The molecule has 0 atom stereocenters. The topological polar surface area (TPSA) is 125 Å². The number of hydrogen-bond donors (Lipinski definition) is 2. The second-order valence-electron chi connectivity index (χ2n) is 13.7. The normalized spacial score (nSPS) is 13.6. The van der Waals surface area contributed by atoms with Gasteiger partial charge >= 0.3 is 0 Å². The van der Waals surface area contributed by atoms with Crippen LogP contribution < -0.4 is 15.1 Å². The van der Waals surface area contributed by atoms with Crippen molar-refractivity contribution in [2.45, 2.75) is 147 Å². The third-order valence-corrected chi connectivity index (χ3v) is 9.34. The maximum Gasteiger partial charge on any atom is 0.298 e. The van der Waals surface area contributed by atoms with E-state index in [1.165, 1.54) is 89.2 Å². The lowest BCUT2D eigenvalue weighted by Crippen LogP contribution is -2.29. The zero-order chi connectivity index (χ0) is 34.3. The smallest absolute Gasteiger partial charge is 0.298 e. The number of ether oxygens (including phenoxy) is 1. The van der Waals surface area contributed by atoms with Gasteiger partial charge in [-0.05, 0) is 47.7 Å². The van der Waals surface area contributed by atoms with E-state index in [1.54, 1.807) is 12.1 Å². The second kappa shape index (κ2) is 18.9. The molecule has 1 aliphatic heterocycles. The first-order chi connectivity index (χ1) is 22.4. The number of carbonyl (C=O) groups is 2. The first kappa shape index (κ1) is 38.2.